The smallest absolute Gasteiger partial charge is 0.274 e. The van der Waals surface area contributed by atoms with Crippen LogP contribution >= 0.6 is 11.8 Å². The molecule has 0 radical (unpaired) electrons. The first-order valence-corrected chi connectivity index (χ1v) is 18.5. The maximum Gasteiger partial charge on any atom is 0.274 e. The molecule has 1 saturated heterocycles. The minimum Gasteiger partial charge on any atom is -0.474 e. The van der Waals surface area contributed by atoms with Crippen molar-refractivity contribution in [3.63, 3.8) is 0 Å². The van der Waals surface area contributed by atoms with Crippen LogP contribution in [0.4, 0.5) is 20.3 Å². The number of fused-ring (bicyclic) bond motifs is 2. The number of anilines is 2. The molecule has 12 nitrogen and oxygen atoms in total. The second-order valence-electron chi connectivity index (χ2n) is 13.6. The van der Waals surface area contributed by atoms with Gasteiger partial charge in [0.25, 0.3) is 17.3 Å². The normalized spacial score (nSPS) is 16.3. The van der Waals surface area contributed by atoms with Crippen LogP contribution in [-0.4, -0.2) is 75.3 Å². The highest BCUT2D eigenvalue weighted by molar-refractivity contribution is 7.97. The standard InChI is InChI=1S/C37H39F2N7O5S/c1-20(2)28(18-47)31-12-32(43-51-31)50-8-7-45-6-5-24(16-45)42-36(48)25-11-30-26(9-21(25)19-52-4)27-17-44(3)37(49)34-33(27)22(13-40-34)15-46(30)35-29(39)10-23(38)14-41-35/h9-14,17-18,20,24,28,40H,5-8,15-16,19H2,1-4H3,(H,42,48). The molecule has 2 unspecified atom stereocenters. The van der Waals surface area contributed by atoms with Gasteiger partial charge in [0.15, 0.2) is 17.4 Å². The number of nitrogens with zero attached hydrogens (tertiary/aromatic N) is 5. The number of aromatic amines is 1. The van der Waals surface area contributed by atoms with Crippen molar-refractivity contribution < 1.29 is 27.6 Å². The highest BCUT2D eigenvalue weighted by Gasteiger charge is 2.31. The Morgan fingerprint density at radius 3 is 2.81 bits per heavy atom. The van der Waals surface area contributed by atoms with Gasteiger partial charge in [-0.05, 0) is 47.0 Å². The summed E-state index contributed by atoms with van der Waals surface area (Å²) in [4.78, 5) is 49.7. The first-order chi connectivity index (χ1) is 25.1. The first kappa shape index (κ1) is 35.4. The molecule has 6 heterocycles. The van der Waals surface area contributed by atoms with Gasteiger partial charge < -0.3 is 33.8 Å². The number of pyridine rings is 2. The Hall–Kier alpha value is -5.02. The van der Waals surface area contributed by atoms with Gasteiger partial charge in [-0.15, -0.1) is 0 Å². The number of ether oxygens (including phenoxy) is 1. The van der Waals surface area contributed by atoms with Gasteiger partial charge in [0, 0.05) is 85.1 Å². The molecule has 2 N–H and O–H groups in total. The lowest BCUT2D eigenvalue weighted by molar-refractivity contribution is -0.110. The van der Waals surface area contributed by atoms with E-state index in [0.29, 0.717) is 64.8 Å². The number of amides is 1. The summed E-state index contributed by atoms with van der Waals surface area (Å²) in [5, 5.41) is 7.86. The van der Waals surface area contributed by atoms with Gasteiger partial charge in [0.1, 0.15) is 24.2 Å². The molecule has 52 heavy (non-hydrogen) atoms. The summed E-state index contributed by atoms with van der Waals surface area (Å²) in [6, 6.07) is 6.01. The molecule has 0 aliphatic carbocycles. The van der Waals surface area contributed by atoms with Crippen molar-refractivity contribution in [3.8, 4) is 17.0 Å². The lowest BCUT2D eigenvalue weighted by atomic mass is 9.95. The predicted octanol–water partition coefficient (Wildman–Crippen LogP) is 5.53. The number of halogens is 2. The van der Waals surface area contributed by atoms with Crippen LogP contribution in [-0.2, 0) is 24.1 Å². The van der Waals surface area contributed by atoms with Gasteiger partial charge in [-0.2, -0.15) is 11.8 Å². The fourth-order valence-corrected chi connectivity index (χ4v) is 7.67. The van der Waals surface area contributed by atoms with E-state index in [1.54, 1.807) is 48.2 Å². The van der Waals surface area contributed by atoms with Crippen molar-refractivity contribution in [2.45, 2.75) is 44.5 Å². The van der Waals surface area contributed by atoms with E-state index in [2.05, 4.69) is 25.3 Å². The monoisotopic (exact) mass is 731 g/mol. The van der Waals surface area contributed by atoms with Crippen molar-refractivity contribution in [1.29, 1.82) is 0 Å². The van der Waals surface area contributed by atoms with Crippen molar-refractivity contribution in [3.05, 3.63) is 87.3 Å². The Morgan fingerprint density at radius 1 is 1.23 bits per heavy atom. The van der Waals surface area contributed by atoms with Gasteiger partial charge in [-0.3, -0.25) is 14.5 Å². The molecule has 1 amide bonds. The Kier molecular flexibility index (Phi) is 9.90. The quantitative estimate of drug-likeness (QED) is 0.158. The number of rotatable bonds is 12. The fraction of sp³-hybridized carbons (Fsp3) is 0.378. The topological polar surface area (TPSA) is 139 Å². The number of thioether (sulfide) groups is 1. The van der Waals surface area contributed by atoms with Crippen molar-refractivity contribution in [1.82, 2.24) is 29.9 Å². The van der Waals surface area contributed by atoms with Crippen LogP contribution in [0.25, 0.3) is 22.0 Å². The molecule has 2 aliphatic rings. The van der Waals surface area contributed by atoms with Crippen molar-refractivity contribution in [2.75, 3.05) is 37.4 Å². The molecule has 1 aromatic carbocycles. The summed E-state index contributed by atoms with van der Waals surface area (Å²) >= 11 is 1.56. The average Bonchev–Trinajstić information content (AvgIpc) is 3.85. The molecular weight excluding hydrogens is 693 g/mol. The number of aldehydes is 1. The van der Waals surface area contributed by atoms with E-state index in [-0.39, 0.29) is 41.7 Å². The van der Waals surface area contributed by atoms with E-state index in [9.17, 15) is 18.8 Å². The third-order valence-electron chi connectivity index (χ3n) is 9.77. The number of aryl methyl sites for hydroxylation is 1. The highest BCUT2D eigenvalue weighted by Crippen LogP contribution is 2.45. The summed E-state index contributed by atoms with van der Waals surface area (Å²) < 4.78 is 42.1. The Morgan fingerprint density at radius 2 is 2.06 bits per heavy atom. The van der Waals surface area contributed by atoms with E-state index in [4.69, 9.17) is 9.26 Å². The molecule has 0 bridgehead atoms. The second kappa shape index (κ2) is 14.5. The predicted molar refractivity (Wildman–Crippen MR) is 194 cm³/mol. The first-order valence-electron chi connectivity index (χ1n) is 17.1. The van der Waals surface area contributed by atoms with E-state index in [0.717, 1.165) is 48.2 Å². The lowest BCUT2D eigenvalue weighted by Gasteiger charge is -2.26. The summed E-state index contributed by atoms with van der Waals surface area (Å²) in [6.45, 7) is 6.32. The summed E-state index contributed by atoms with van der Waals surface area (Å²) in [6.07, 6.45) is 7.98. The number of carbonyl (C=O) groups is 2. The number of nitrogens with one attached hydrogen (secondary N) is 2. The number of hydrogen-bond acceptors (Lipinski definition) is 10. The van der Waals surface area contributed by atoms with Crippen molar-refractivity contribution in [2.24, 2.45) is 13.0 Å². The maximum absolute atomic E-state index is 15.4. The number of benzene rings is 1. The largest absolute Gasteiger partial charge is 0.474 e. The lowest BCUT2D eigenvalue weighted by Crippen LogP contribution is -2.38. The fourth-order valence-electron chi connectivity index (χ4n) is 7.12. The molecule has 15 heteroatoms. The Bertz CT molecular complexity index is 2220. The zero-order valence-electron chi connectivity index (χ0n) is 29.2. The number of hydrogen-bond donors (Lipinski definition) is 2. The number of likely N-dealkylation sites (tertiary alicyclic amines) is 1. The third-order valence-corrected chi connectivity index (χ3v) is 10.4. The average molecular weight is 732 g/mol. The molecule has 2 atom stereocenters. The number of aromatic nitrogens is 4. The molecule has 2 aliphatic heterocycles. The molecule has 1 fully saturated rings. The minimum absolute atomic E-state index is 0.0744. The van der Waals surface area contributed by atoms with Gasteiger partial charge in [0.2, 0.25) is 0 Å². The number of H-pyrrole nitrogens is 1. The van der Waals surface area contributed by atoms with Crippen LogP contribution in [0.2, 0.25) is 0 Å². The van der Waals surface area contributed by atoms with Gasteiger partial charge in [0.05, 0.1) is 24.3 Å². The van der Waals surface area contributed by atoms with E-state index in [1.807, 2.05) is 26.2 Å². The third kappa shape index (κ3) is 6.70. The minimum atomic E-state index is -0.849. The summed E-state index contributed by atoms with van der Waals surface area (Å²) in [5.41, 5.74) is 4.13. The Labute approximate surface area is 302 Å². The summed E-state index contributed by atoms with van der Waals surface area (Å²) in [5.74, 6) is -1.00. The number of carbonyl (C=O) groups excluding carboxylic acids is 2. The van der Waals surface area contributed by atoms with Crippen LogP contribution in [0.1, 0.15) is 53.4 Å². The van der Waals surface area contributed by atoms with Crippen LogP contribution in [0, 0.1) is 17.6 Å². The molecule has 4 aromatic heterocycles. The maximum atomic E-state index is 15.4. The van der Waals surface area contributed by atoms with E-state index in [1.165, 1.54) is 4.57 Å². The molecule has 272 valence electrons. The SMILES string of the molecule is CSCc1cc2c(cc1C(=O)NC1CCN(CCOc3cc(C(C=O)C(C)C)on3)C1)N(c1ncc(F)cc1F)Cc1c[nH]c3c(=O)n(C)cc-2c13. The summed E-state index contributed by atoms with van der Waals surface area (Å²) in [7, 11) is 1.67. The van der Waals surface area contributed by atoms with Crippen LogP contribution in [0.3, 0.4) is 0 Å². The Balaban J connectivity index is 1.14. The molecular formula is C37H39F2N7O5S. The van der Waals surface area contributed by atoms with Gasteiger partial charge in [-0.1, -0.05) is 13.8 Å². The molecule has 5 aromatic rings. The van der Waals surface area contributed by atoms with Gasteiger partial charge >= 0.3 is 0 Å². The van der Waals surface area contributed by atoms with Crippen LogP contribution in [0.5, 0.6) is 5.88 Å². The molecule has 0 spiro atoms. The van der Waals surface area contributed by atoms with E-state index < -0.39 is 11.6 Å². The molecule has 7 rings (SSSR count). The van der Waals surface area contributed by atoms with Crippen LogP contribution < -0.4 is 20.5 Å². The van der Waals surface area contributed by atoms with Crippen LogP contribution in [0.15, 0.2) is 52.2 Å². The van der Waals surface area contributed by atoms with Gasteiger partial charge in [-0.25, -0.2) is 13.8 Å². The van der Waals surface area contributed by atoms with E-state index >= 15 is 4.39 Å². The zero-order valence-corrected chi connectivity index (χ0v) is 30.1. The highest BCUT2D eigenvalue weighted by atomic mass is 32.2. The van der Waals surface area contributed by atoms with Crippen molar-refractivity contribution >= 4 is 46.4 Å². The molecule has 0 saturated carbocycles. The second-order valence-corrected chi connectivity index (χ2v) is 14.5. The zero-order chi connectivity index (χ0) is 36.7.